The summed E-state index contributed by atoms with van der Waals surface area (Å²) in [4.78, 5) is 14.8. The molecule has 2 aliphatic rings. The Morgan fingerprint density at radius 3 is 2.41 bits per heavy atom. The van der Waals surface area contributed by atoms with E-state index in [9.17, 15) is 13.2 Å². The number of aryl methyl sites for hydroxylation is 1. The number of benzene rings is 1. The third kappa shape index (κ3) is 7.42. The Morgan fingerprint density at radius 2 is 1.85 bits per heavy atom. The average Bonchev–Trinajstić information content (AvgIpc) is 2.63. The molecule has 1 aromatic carbocycles. The summed E-state index contributed by atoms with van der Waals surface area (Å²) in [6.45, 7) is 5.04. The van der Waals surface area contributed by atoms with E-state index in [2.05, 4.69) is 21.7 Å². The molecule has 0 saturated heterocycles. The summed E-state index contributed by atoms with van der Waals surface area (Å²) in [5, 5.41) is 15.1. The third-order valence-corrected chi connectivity index (χ3v) is 5.76. The number of aliphatic carboxylic acids is 1. The fourth-order valence-electron chi connectivity index (χ4n) is 2.71. The van der Waals surface area contributed by atoms with Crippen molar-refractivity contribution >= 4 is 21.6 Å². The van der Waals surface area contributed by atoms with Crippen molar-refractivity contribution < 1.29 is 18.3 Å². The van der Waals surface area contributed by atoms with Crippen LogP contribution in [0.4, 0.5) is 0 Å². The summed E-state index contributed by atoms with van der Waals surface area (Å²) in [5.41, 5.74) is 2.28. The van der Waals surface area contributed by atoms with Crippen LogP contribution < -0.4 is 10.6 Å². The van der Waals surface area contributed by atoms with Gasteiger partial charge in [0.1, 0.15) is 5.84 Å². The molecular weight excluding hydrogens is 366 g/mol. The van der Waals surface area contributed by atoms with E-state index >= 15 is 0 Å². The Kier molecular flexibility index (Phi) is 7.84. The van der Waals surface area contributed by atoms with Crippen LogP contribution in [-0.2, 0) is 14.6 Å². The number of aliphatic imine (C=N–C) groups is 1. The molecule has 0 spiro atoms. The third-order valence-electron chi connectivity index (χ3n) is 4.14. The molecule has 0 amide bonds. The summed E-state index contributed by atoms with van der Waals surface area (Å²) in [7, 11) is -3.68. The van der Waals surface area contributed by atoms with Gasteiger partial charge in [-0.15, -0.1) is 0 Å². The van der Waals surface area contributed by atoms with E-state index in [0.717, 1.165) is 37.5 Å². The van der Waals surface area contributed by atoms with Gasteiger partial charge in [-0.2, -0.15) is 0 Å². The molecule has 0 unspecified atom stereocenters. The Labute approximate surface area is 160 Å². The highest BCUT2D eigenvalue weighted by atomic mass is 32.2. The lowest BCUT2D eigenvalue weighted by Crippen LogP contribution is -2.32. The highest BCUT2D eigenvalue weighted by molar-refractivity contribution is 7.92. The van der Waals surface area contributed by atoms with Gasteiger partial charge in [0.05, 0.1) is 4.90 Å². The van der Waals surface area contributed by atoms with Crippen LogP contribution in [0.1, 0.15) is 31.2 Å². The van der Waals surface area contributed by atoms with Gasteiger partial charge < -0.3 is 15.7 Å². The molecule has 27 heavy (non-hydrogen) atoms. The normalized spacial score (nSPS) is 16.6. The fraction of sp³-hybridized carbons (Fsp3) is 0.474. The highest BCUT2D eigenvalue weighted by Gasteiger charge is 2.18. The second-order valence-corrected chi connectivity index (χ2v) is 8.54. The fourth-order valence-corrected chi connectivity index (χ4v) is 3.75. The molecule has 0 fully saturated rings. The number of hydrogen-bond acceptors (Lipinski definition) is 6. The van der Waals surface area contributed by atoms with Gasteiger partial charge in [-0.3, -0.25) is 9.79 Å². The Bertz CT molecular complexity index is 775. The lowest BCUT2D eigenvalue weighted by molar-refractivity contribution is -0.134. The largest absolute Gasteiger partial charge is 0.480 e. The molecule has 3 rings (SSSR count). The number of nitrogens with zero attached hydrogens (tertiary/aromatic N) is 1. The second-order valence-electron chi connectivity index (χ2n) is 6.55. The van der Waals surface area contributed by atoms with E-state index in [1.165, 1.54) is 37.1 Å². The molecule has 0 aliphatic carbocycles. The van der Waals surface area contributed by atoms with Crippen molar-refractivity contribution in [2.75, 3.05) is 25.4 Å². The average molecular weight is 394 g/mol. The standard InChI is InChI=1S/C10H17N3.C9H10O4S/c1-2-5-11-9(4-1)8-10-12-6-3-7-13-10;1-7-2-4-8(5-3-7)14(12,13)6-9(10)11/h4,11H,1-3,5-8H2,(H,12,13);2-5H,6H2,1H3,(H,10,11). The number of carboxylic acids is 1. The smallest absolute Gasteiger partial charge is 0.319 e. The van der Waals surface area contributed by atoms with Gasteiger partial charge in [-0.1, -0.05) is 23.8 Å². The van der Waals surface area contributed by atoms with Gasteiger partial charge in [-0.25, -0.2) is 8.42 Å². The molecule has 0 radical (unpaired) electrons. The first-order valence-electron chi connectivity index (χ1n) is 9.08. The van der Waals surface area contributed by atoms with E-state index in [-0.39, 0.29) is 4.90 Å². The topological polar surface area (TPSA) is 108 Å². The molecule has 7 nitrogen and oxygen atoms in total. The van der Waals surface area contributed by atoms with Crippen LogP contribution in [-0.4, -0.2) is 50.7 Å². The summed E-state index contributed by atoms with van der Waals surface area (Å²) < 4.78 is 22.7. The van der Waals surface area contributed by atoms with Crippen molar-refractivity contribution in [1.82, 2.24) is 10.6 Å². The van der Waals surface area contributed by atoms with Crippen LogP contribution in [0.5, 0.6) is 0 Å². The van der Waals surface area contributed by atoms with Gasteiger partial charge in [0, 0.05) is 31.8 Å². The molecule has 3 N–H and O–H groups in total. The first-order chi connectivity index (χ1) is 12.9. The molecule has 0 aromatic heterocycles. The maximum atomic E-state index is 11.4. The minimum atomic E-state index is -3.68. The lowest BCUT2D eigenvalue weighted by Gasteiger charge is -2.19. The molecular formula is C19H27N3O4S. The van der Waals surface area contributed by atoms with Gasteiger partial charge >= 0.3 is 5.97 Å². The Balaban J connectivity index is 0.000000194. The molecule has 2 heterocycles. The predicted molar refractivity (Wildman–Crippen MR) is 106 cm³/mol. The zero-order valence-corrected chi connectivity index (χ0v) is 16.4. The van der Waals surface area contributed by atoms with Crippen molar-refractivity contribution in [3.63, 3.8) is 0 Å². The van der Waals surface area contributed by atoms with Crippen molar-refractivity contribution in [2.45, 2.75) is 37.5 Å². The lowest BCUT2D eigenvalue weighted by atomic mass is 10.1. The van der Waals surface area contributed by atoms with Gasteiger partial charge in [0.25, 0.3) is 0 Å². The number of sulfone groups is 1. The van der Waals surface area contributed by atoms with E-state index in [0.29, 0.717) is 0 Å². The number of carboxylic acid groups (broad SMARTS) is 1. The highest BCUT2D eigenvalue weighted by Crippen LogP contribution is 2.11. The minimum absolute atomic E-state index is 0.0468. The molecule has 0 bridgehead atoms. The summed E-state index contributed by atoms with van der Waals surface area (Å²) >= 11 is 0. The van der Waals surface area contributed by atoms with Gasteiger partial charge in [0.2, 0.25) is 0 Å². The Morgan fingerprint density at radius 1 is 1.15 bits per heavy atom. The minimum Gasteiger partial charge on any atom is -0.480 e. The second kappa shape index (κ2) is 10.1. The quantitative estimate of drug-likeness (QED) is 0.705. The van der Waals surface area contributed by atoms with Crippen LogP contribution >= 0.6 is 0 Å². The summed E-state index contributed by atoms with van der Waals surface area (Å²) in [6.07, 6.45) is 6.93. The van der Waals surface area contributed by atoms with Gasteiger partial charge in [-0.05, 0) is 38.3 Å². The van der Waals surface area contributed by atoms with Crippen molar-refractivity contribution in [3.8, 4) is 0 Å². The van der Waals surface area contributed by atoms with Crippen LogP contribution in [0.25, 0.3) is 0 Å². The molecule has 8 heteroatoms. The van der Waals surface area contributed by atoms with Crippen LogP contribution in [0.3, 0.4) is 0 Å². The number of rotatable bonds is 5. The van der Waals surface area contributed by atoms with Crippen molar-refractivity contribution in [1.29, 1.82) is 0 Å². The molecule has 1 aromatic rings. The monoisotopic (exact) mass is 393 g/mol. The van der Waals surface area contributed by atoms with Crippen LogP contribution in [0.2, 0.25) is 0 Å². The zero-order chi connectivity index (χ0) is 19.7. The maximum absolute atomic E-state index is 11.4. The van der Waals surface area contributed by atoms with E-state index < -0.39 is 21.6 Å². The SMILES string of the molecule is C1=C(CC2=NCCCN2)NCCC1.Cc1ccc(S(=O)(=O)CC(=O)O)cc1. The number of nitrogens with one attached hydrogen (secondary N) is 2. The maximum Gasteiger partial charge on any atom is 0.319 e. The first-order valence-corrected chi connectivity index (χ1v) is 10.7. The molecule has 2 aliphatic heterocycles. The zero-order valence-electron chi connectivity index (χ0n) is 15.6. The number of amidine groups is 1. The molecule has 0 saturated carbocycles. The Hall–Kier alpha value is -2.35. The van der Waals surface area contributed by atoms with Crippen molar-refractivity contribution in [3.05, 3.63) is 41.6 Å². The van der Waals surface area contributed by atoms with E-state index in [4.69, 9.17) is 5.11 Å². The number of allylic oxidation sites excluding steroid dienone is 1. The number of carbonyl (C=O) groups is 1. The molecule has 148 valence electrons. The number of hydrogen-bond donors (Lipinski definition) is 3. The van der Waals surface area contributed by atoms with Crippen molar-refractivity contribution in [2.24, 2.45) is 4.99 Å². The van der Waals surface area contributed by atoms with E-state index in [1.807, 2.05) is 6.92 Å². The van der Waals surface area contributed by atoms with Crippen LogP contribution in [0, 0.1) is 6.92 Å². The molecule has 0 atom stereocenters. The summed E-state index contributed by atoms with van der Waals surface area (Å²) in [5.74, 6) is -1.05. The van der Waals surface area contributed by atoms with Crippen LogP contribution in [0.15, 0.2) is 45.9 Å². The van der Waals surface area contributed by atoms with Gasteiger partial charge in [0.15, 0.2) is 15.6 Å². The first kappa shape index (κ1) is 21.0. The predicted octanol–water partition coefficient (Wildman–Crippen LogP) is 1.89. The van der Waals surface area contributed by atoms with E-state index in [1.54, 1.807) is 12.1 Å². The summed E-state index contributed by atoms with van der Waals surface area (Å²) in [6, 6.07) is 6.09.